The van der Waals surface area contributed by atoms with Crippen molar-refractivity contribution in [3.63, 3.8) is 0 Å². The Balaban J connectivity index is 1.28. The van der Waals surface area contributed by atoms with Gasteiger partial charge in [-0.05, 0) is 55.2 Å². The molecule has 1 aliphatic heterocycles. The second-order valence-corrected chi connectivity index (χ2v) is 12.1. The highest BCUT2D eigenvalue weighted by atomic mass is 35.5. The number of nitrogens with two attached hydrogens (primary N) is 1. The summed E-state index contributed by atoms with van der Waals surface area (Å²) >= 11 is 4.81. The van der Waals surface area contributed by atoms with Crippen LogP contribution in [0.4, 0.5) is 11.4 Å². The van der Waals surface area contributed by atoms with E-state index in [0.717, 1.165) is 29.7 Å². The third-order valence-corrected chi connectivity index (χ3v) is 8.65. The van der Waals surface area contributed by atoms with Crippen LogP contribution in [0.3, 0.4) is 0 Å². The van der Waals surface area contributed by atoms with E-state index in [1.807, 2.05) is 29.4 Å². The number of nitrogen functional groups attached to an aromatic ring is 1. The SMILES string of the molecule is Cc1ccc(CN[S+]([O-])N2CCN(c3cnn(-c4cccc(Cl)c4)c(=O)c3OCC3(C)CC3)CC2)cc1N. The zero-order valence-corrected chi connectivity index (χ0v) is 23.2. The number of ether oxygens (including phenoxy) is 1. The molecule has 1 saturated carbocycles. The van der Waals surface area contributed by atoms with E-state index >= 15 is 0 Å². The number of aromatic nitrogens is 2. The van der Waals surface area contributed by atoms with Crippen LogP contribution >= 0.6 is 11.6 Å². The van der Waals surface area contributed by atoms with Crippen molar-refractivity contribution in [2.75, 3.05) is 43.4 Å². The van der Waals surface area contributed by atoms with Gasteiger partial charge >= 0.3 is 5.56 Å². The van der Waals surface area contributed by atoms with E-state index < -0.39 is 11.5 Å². The third kappa shape index (κ3) is 6.10. The van der Waals surface area contributed by atoms with Crippen LogP contribution in [0.2, 0.25) is 5.02 Å². The molecule has 1 aromatic heterocycles. The van der Waals surface area contributed by atoms with Gasteiger partial charge in [-0.3, -0.25) is 4.79 Å². The number of piperazine rings is 1. The number of hydrogen-bond donors (Lipinski definition) is 2. The molecule has 0 spiro atoms. The quantitative estimate of drug-likeness (QED) is 0.304. The van der Waals surface area contributed by atoms with E-state index in [4.69, 9.17) is 22.1 Å². The summed E-state index contributed by atoms with van der Waals surface area (Å²) in [7, 11) is 0. The largest absolute Gasteiger partial charge is 0.579 e. The summed E-state index contributed by atoms with van der Waals surface area (Å²) in [5.74, 6) is 0.290. The molecule has 11 heteroatoms. The van der Waals surface area contributed by atoms with E-state index in [1.165, 1.54) is 4.68 Å². The molecule has 3 N–H and O–H groups in total. The predicted molar refractivity (Wildman–Crippen MR) is 152 cm³/mol. The summed E-state index contributed by atoms with van der Waals surface area (Å²) in [6.07, 6.45) is 3.85. The molecule has 38 heavy (non-hydrogen) atoms. The predicted octanol–water partition coefficient (Wildman–Crippen LogP) is 3.45. The van der Waals surface area contributed by atoms with Crippen LogP contribution < -0.4 is 25.7 Å². The first kappa shape index (κ1) is 26.8. The fourth-order valence-electron chi connectivity index (χ4n) is 4.32. The summed E-state index contributed by atoms with van der Waals surface area (Å²) in [4.78, 5) is 15.6. The Hall–Kier alpha value is -2.76. The highest BCUT2D eigenvalue weighted by Gasteiger charge is 2.39. The first-order chi connectivity index (χ1) is 18.2. The van der Waals surface area contributed by atoms with Crippen molar-refractivity contribution in [3.8, 4) is 11.4 Å². The van der Waals surface area contributed by atoms with E-state index in [-0.39, 0.29) is 16.7 Å². The minimum atomic E-state index is -1.35. The van der Waals surface area contributed by atoms with Gasteiger partial charge in [-0.2, -0.15) is 9.78 Å². The fourth-order valence-corrected chi connectivity index (χ4v) is 5.47. The van der Waals surface area contributed by atoms with Crippen LogP contribution in [0.1, 0.15) is 30.9 Å². The Morgan fingerprint density at radius 2 is 1.95 bits per heavy atom. The first-order valence-corrected chi connectivity index (χ1v) is 14.2. The molecule has 1 saturated heterocycles. The van der Waals surface area contributed by atoms with Crippen molar-refractivity contribution >= 4 is 34.5 Å². The third-order valence-electron chi connectivity index (χ3n) is 7.19. The van der Waals surface area contributed by atoms with Gasteiger partial charge in [-0.15, -0.1) is 9.03 Å². The number of hydrogen-bond acceptors (Lipinski definition) is 8. The lowest BCUT2D eigenvalue weighted by Crippen LogP contribution is -2.52. The van der Waals surface area contributed by atoms with E-state index in [1.54, 1.807) is 30.5 Å². The monoisotopic (exact) mass is 556 g/mol. The van der Waals surface area contributed by atoms with Crippen molar-refractivity contribution in [3.05, 3.63) is 75.2 Å². The Bertz CT molecular complexity index is 1360. The number of rotatable bonds is 9. The van der Waals surface area contributed by atoms with Gasteiger partial charge in [0, 0.05) is 29.2 Å². The van der Waals surface area contributed by atoms with Gasteiger partial charge in [0.25, 0.3) is 0 Å². The minimum Gasteiger partial charge on any atom is -0.579 e. The van der Waals surface area contributed by atoms with Crippen LogP contribution in [0.15, 0.2) is 53.5 Å². The second kappa shape index (κ2) is 11.2. The molecule has 5 rings (SSSR count). The molecule has 1 aliphatic carbocycles. The summed E-state index contributed by atoms with van der Waals surface area (Å²) < 4.78 is 25.4. The van der Waals surface area contributed by atoms with Crippen molar-refractivity contribution in [1.29, 1.82) is 0 Å². The number of anilines is 2. The molecule has 0 bridgehead atoms. The fraction of sp³-hybridized carbons (Fsp3) is 0.407. The van der Waals surface area contributed by atoms with E-state index in [2.05, 4.69) is 21.6 Å². The van der Waals surface area contributed by atoms with Crippen molar-refractivity contribution < 1.29 is 9.29 Å². The molecule has 0 amide bonds. The summed E-state index contributed by atoms with van der Waals surface area (Å²) in [6, 6.07) is 12.9. The zero-order valence-electron chi connectivity index (χ0n) is 21.7. The van der Waals surface area contributed by atoms with Gasteiger partial charge in [0.2, 0.25) is 5.75 Å². The lowest BCUT2D eigenvalue weighted by molar-refractivity contribution is 0.242. The Morgan fingerprint density at radius 1 is 1.18 bits per heavy atom. The molecule has 2 aliphatic rings. The molecule has 2 aromatic carbocycles. The van der Waals surface area contributed by atoms with Gasteiger partial charge in [-0.1, -0.05) is 36.7 Å². The van der Waals surface area contributed by atoms with Crippen LogP contribution in [0, 0.1) is 12.3 Å². The van der Waals surface area contributed by atoms with Crippen LogP contribution in [0.5, 0.6) is 5.75 Å². The maximum absolute atomic E-state index is 13.5. The maximum Gasteiger partial charge on any atom is 0.316 e. The molecule has 202 valence electrons. The van der Waals surface area contributed by atoms with Crippen LogP contribution in [-0.2, 0) is 18.1 Å². The standard InChI is InChI=1S/C27H33ClN6O3S/c1-19-6-7-20(14-23(19)29)16-31-38(36)33-12-10-32(11-13-33)24-17-30-34(22-5-3-4-21(28)15-22)26(35)25(24)37-18-27(2)8-9-27/h3-7,14-15,17,31H,8-13,16,18,29H2,1-2H3. The Morgan fingerprint density at radius 3 is 2.63 bits per heavy atom. The summed E-state index contributed by atoms with van der Waals surface area (Å²) in [5.41, 5.74) is 9.76. The highest BCUT2D eigenvalue weighted by molar-refractivity contribution is 7.87. The Kier molecular flexibility index (Phi) is 7.88. The average Bonchev–Trinajstić information content (AvgIpc) is 3.65. The molecule has 1 unspecified atom stereocenters. The second-order valence-electron chi connectivity index (χ2n) is 10.3. The first-order valence-electron chi connectivity index (χ1n) is 12.7. The summed E-state index contributed by atoms with van der Waals surface area (Å²) in [5, 5.41) is 4.97. The van der Waals surface area contributed by atoms with E-state index in [9.17, 15) is 9.35 Å². The van der Waals surface area contributed by atoms with Crippen molar-refractivity contribution in [2.45, 2.75) is 33.2 Å². The van der Waals surface area contributed by atoms with Crippen LogP contribution in [-0.4, -0.2) is 51.4 Å². The number of nitrogens with one attached hydrogen (secondary N) is 1. The molecule has 2 fully saturated rings. The van der Waals surface area contributed by atoms with Crippen molar-refractivity contribution in [2.24, 2.45) is 5.41 Å². The van der Waals surface area contributed by atoms with Gasteiger partial charge in [0.05, 0.1) is 38.1 Å². The Labute approximate surface area is 231 Å². The van der Waals surface area contributed by atoms with Gasteiger partial charge < -0.3 is 19.9 Å². The minimum absolute atomic E-state index is 0.108. The van der Waals surface area contributed by atoms with Gasteiger partial charge in [-0.25, -0.2) is 0 Å². The number of nitrogens with zero attached hydrogens (tertiary/aromatic N) is 4. The molecule has 2 heterocycles. The smallest absolute Gasteiger partial charge is 0.316 e. The normalized spacial score (nSPS) is 17.8. The summed E-state index contributed by atoms with van der Waals surface area (Å²) in [6.45, 7) is 7.35. The molecular formula is C27H33ClN6O3S. The number of aryl methyl sites for hydroxylation is 1. The van der Waals surface area contributed by atoms with Gasteiger partial charge in [0.15, 0.2) is 0 Å². The van der Waals surface area contributed by atoms with Gasteiger partial charge in [0.1, 0.15) is 17.2 Å². The molecule has 0 radical (unpaired) electrons. The number of halogens is 1. The number of benzene rings is 2. The topological polar surface area (TPSA) is 112 Å². The lowest BCUT2D eigenvalue weighted by atomic mass is 10.1. The molecule has 9 nitrogen and oxygen atoms in total. The lowest BCUT2D eigenvalue weighted by Gasteiger charge is -2.35. The maximum atomic E-state index is 13.5. The van der Waals surface area contributed by atoms with E-state index in [0.29, 0.717) is 55.7 Å². The molecule has 3 aromatic rings. The highest BCUT2D eigenvalue weighted by Crippen LogP contribution is 2.45. The van der Waals surface area contributed by atoms with Crippen molar-refractivity contribution in [1.82, 2.24) is 18.8 Å². The molecular weight excluding hydrogens is 524 g/mol. The van der Waals surface area contributed by atoms with Crippen LogP contribution in [0.25, 0.3) is 5.69 Å². The average molecular weight is 557 g/mol. The molecule has 1 atom stereocenters. The zero-order chi connectivity index (χ0) is 26.9.